The van der Waals surface area contributed by atoms with Crippen LogP contribution in [0.25, 0.3) is 38.6 Å². The minimum Gasteiger partial charge on any atom is -0.310 e. The maximum Gasteiger partial charge on any atom is 0.0542 e. The van der Waals surface area contributed by atoms with Crippen LogP contribution in [-0.4, -0.2) is 4.57 Å². The van der Waals surface area contributed by atoms with Crippen molar-refractivity contribution in [1.29, 1.82) is 0 Å². The molecule has 228 valence electrons. The number of anilines is 3. The molecule has 0 aliphatic rings. The summed E-state index contributed by atoms with van der Waals surface area (Å²) in [6.45, 7) is 9.36. The van der Waals surface area contributed by atoms with Crippen LogP contribution in [0.5, 0.6) is 0 Å². The number of para-hydroxylation sites is 3. The predicted octanol–water partition coefficient (Wildman–Crippen LogP) is 12.7. The summed E-state index contributed by atoms with van der Waals surface area (Å²) in [7, 11) is 0. The van der Waals surface area contributed by atoms with Crippen molar-refractivity contribution in [3.63, 3.8) is 0 Å². The number of hydrogen-bond acceptors (Lipinski definition) is 1. The second-order valence-corrected chi connectivity index (χ2v) is 13.2. The Kier molecular flexibility index (Phi) is 8.20. The van der Waals surface area contributed by atoms with Gasteiger partial charge in [-0.1, -0.05) is 113 Å². The van der Waals surface area contributed by atoms with E-state index >= 15 is 0 Å². The molecule has 6 aromatic carbocycles. The van der Waals surface area contributed by atoms with Gasteiger partial charge in [-0.05, 0) is 108 Å². The lowest BCUT2D eigenvalue weighted by Crippen LogP contribution is -2.09. The van der Waals surface area contributed by atoms with Gasteiger partial charge in [0.2, 0.25) is 0 Å². The van der Waals surface area contributed by atoms with E-state index in [9.17, 15) is 0 Å². The van der Waals surface area contributed by atoms with E-state index in [-0.39, 0.29) is 0 Å². The lowest BCUT2D eigenvalue weighted by molar-refractivity contribution is 0.408. The summed E-state index contributed by atoms with van der Waals surface area (Å²) >= 11 is 0. The Morgan fingerprint density at radius 2 is 1.02 bits per heavy atom. The van der Waals surface area contributed by atoms with Gasteiger partial charge in [0, 0.05) is 33.5 Å². The molecule has 0 bridgehead atoms. The summed E-state index contributed by atoms with van der Waals surface area (Å²) in [6.07, 6.45) is 1.22. The maximum absolute atomic E-state index is 2.40. The molecule has 2 heteroatoms. The first kappa shape index (κ1) is 29.6. The molecule has 7 aromatic rings. The summed E-state index contributed by atoms with van der Waals surface area (Å²) in [5.41, 5.74) is 10.9. The quantitative estimate of drug-likeness (QED) is 0.160. The Labute approximate surface area is 273 Å². The molecule has 46 heavy (non-hydrogen) atoms. The highest BCUT2D eigenvalue weighted by atomic mass is 15.1. The highest BCUT2D eigenvalue weighted by molar-refractivity contribution is 6.11. The van der Waals surface area contributed by atoms with E-state index in [0.29, 0.717) is 17.8 Å². The molecule has 7 rings (SSSR count). The molecule has 0 N–H and O–H groups in total. The number of rotatable bonds is 9. The average Bonchev–Trinajstić information content (AvgIpc) is 3.42. The summed E-state index contributed by atoms with van der Waals surface area (Å²) in [6, 6.07) is 55.2. The molecule has 1 atom stereocenters. The van der Waals surface area contributed by atoms with Gasteiger partial charge < -0.3 is 9.47 Å². The fourth-order valence-corrected chi connectivity index (χ4v) is 7.01. The van der Waals surface area contributed by atoms with Crippen molar-refractivity contribution >= 4 is 38.9 Å². The molecular weight excluding hydrogens is 556 g/mol. The highest BCUT2D eigenvalue weighted by Crippen LogP contribution is 2.41. The van der Waals surface area contributed by atoms with Crippen LogP contribution < -0.4 is 4.90 Å². The number of hydrogen-bond donors (Lipinski definition) is 0. The van der Waals surface area contributed by atoms with E-state index < -0.39 is 0 Å². The fraction of sp³-hybridized carbons (Fsp3) is 0.182. The molecule has 1 unspecified atom stereocenters. The van der Waals surface area contributed by atoms with Crippen molar-refractivity contribution in [2.24, 2.45) is 11.8 Å². The standard InChI is InChI=1S/C44H42N2/c1-31(2)28-40(32(3)4)34-22-20-33(21-23-34)35-24-26-43-41(29-35)42-30-39(25-27-44(42)46(43)38-18-12-7-13-19-38)45(36-14-8-5-9-15-36)37-16-10-6-11-17-37/h5-27,29-32,40H,28H2,1-4H3. The minimum atomic E-state index is 0.580. The minimum absolute atomic E-state index is 0.580. The third-order valence-corrected chi connectivity index (χ3v) is 9.25. The molecule has 1 heterocycles. The van der Waals surface area contributed by atoms with Crippen LogP contribution >= 0.6 is 0 Å². The molecule has 0 radical (unpaired) electrons. The first-order valence-electron chi connectivity index (χ1n) is 16.6. The second kappa shape index (κ2) is 12.7. The zero-order valence-electron chi connectivity index (χ0n) is 27.3. The van der Waals surface area contributed by atoms with Gasteiger partial charge in [0.05, 0.1) is 11.0 Å². The molecule has 2 nitrogen and oxygen atoms in total. The smallest absolute Gasteiger partial charge is 0.0542 e. The number of nitrogens with zero attached hydrogens (tertiary/aromatic N) is 2. The van der Waals surface area contributed by atoms with E-state index in [1.807, 2.05) is 0 Å². The zero-order chi connectivity index (χ0) is 31.6. The normalized spacial score (nSPS) is 12.3. The summed E-state index contributed by atoms with van der Waals surface area (Å²) in [4.78, 5) is 2.34. The molecule has 0 spiro atoms. The van der Waals surface area contributed by atoms with Crippen molar-refractivity contribution in [3.05, 3.63) is 157 Å². The second-order valence-electron chi connectivity index (χ2n) is 13.2. The Balaban J connectivity index is 1.39. The van der Waals surface area contributed by atoms with Crippen LogP contribution in [0.1, 0.15) is 45.6 Å². The van der Waals surface area contributed by atoms with Crippen LogP contribution in [0, 0.1) is 11.8 Å². The highest BCUT2D eigenvalue weighted by Gasteiger charge is 2.19. The van der Waals surface area contributed by atoms with Gasteiger partial charge >= 0.3 is 0 Å². The topological polar surface area (TPSA) is 8.17 Å². The van der Waals surface area contributed by atoms with Crippen LogP contribution in [0.3, 0.4) is 0 Å². The van der Waals surface area contributed by atoms with Gasteiger partial charge in [-0.15, -0.1) is 0 Å². The number of fused-ring (bicyclic) bond motifs is 3. The Morgan fingerprint density at radius 1 is 0.500 bits per heavy atom. The van der Waals surface area contributed by atoms with Crippen molar-refractivity contribution in [2.45, 2.75) is 40.0 Å². The van der Waals surface area contributed by atoms with Gasteiger partial charge in [0.15, 0.2) is 0 Å². The van der Waals surface area contributed by atoms with Gasteiger partial charge in [0.1, 0.15) is 0 Å². The largest absolute Gasteiger partial charge is 0.310 e. The number of aromatic nitrogens is 1. The van der Waals surface area contributed by atoms with E-state index in [1.54, 1.807) is 0 Å². The number of benzene rings is 6. The third-order valence-electron chi connectivity index (χ3n) is 9.25. The molecule has 0 saturated heterocycles. The van der Waals surface area contributed by atoms with Crippen molar-refractivity contribution in [2.75, 3.05) is 4.90 Å². The van der Waals surface area contributed by atoms with Crippen molar-refractivity contribution < 1.29 is 0 Å². The SMILES string of the molecule is CC(C)CC(c1ccc(-c2ccc3c(c2)c2cc(N(c4ccccc4)c4ccccc4)ccc2n3-c2ccccc2)cc1)C(C)C. The van der Waals surface area contributed by atoms with E-state index in [2.05, 4.69) is 189 Å². The average molecular weight is 599 g/mol. The van der Waals surface area contributed by atoms with Crippen molar-refractivity contribution in [3.8, 4) is 16.8 Å². The molecular formula is C44H42N2. The van der Waals surface area contributed by atoms with Gasteiger partial charge in [-0.25, -0.2) is 0 Å². The first-order chi connectivity index (χ1) is 22.5. The summed E-state index contributed by atoms with van der Waals surface area (Å²) in [5, 5.41) is 2.49. The molecule has 0 aliphatic heterocycles. The van der Waals surface area contributed by atoms with E-state index in [1.165, 1.54) is 50.6 Å². The van der Waals surface area contributed by atoms with Crippen LogP contribution in [0.4, 0.5) is 17.1 Å². The summed E-state index contributed by atoms with van der Waals surface area (Å²) in [5.74, 6) is 1.88. The van der Waals surface area contributed by atoms with Gasteiger partial charge in [-0.3, -0.25) is 0 Å². The van der Waals surface area contributed by atoms with Gasteiger partial charge in [-0.2, -0.15) is 0 Å². The molecule has 1 aromatic heterocycles. The Morgan fingerprint density at radius 3 is 1.59 bits per heavy atom. The summed E-state index contributed by atoms with van der Waals surface area (Å²) < 4.78 is 2.40. The van der Waals surface area contributed by atoms with Crippen LogP contribution in [0.2, 0.25) is 0 Å². The molecule has 0 saturated carbocycles. The lowest BCUT2D eigenvalue weighted by atomic mass is 9.82. The molecule has 0 fully saturated rings. The van der Waals surface area contributed by atoms with Gasteiger partial charge in [0.25, 0.3) is 0 Å². The fourth-order valence-electron chi connectivity index (χ4n) is 7.01. The lowest BCUT2D eigenvalue weighted by Gasteiger charge is -2.25. The first-order valence-corrected chi connectivity index (χ1v) is 16.6. The molecule has 0 amide bonds. The van der Waals surface area contributed by atoms with E-state index in [0.717, 1.165) is 17.1 Å². The third kappa shape index (κ3) is 5.72. The maximum atomic E-state index is 2.40. The van der Waals surface area contributed by atoms with E-state index in [4.69, 9.17) is 0 Å². The zero-order valence-corrected chi connectivity index (χ0v) is 27.3. The monoisotopic (exact) mass is 598 g/mol. The Bertz CT molecular complexity index is 2020. The van der Waals surface area contributed by atoms with Crippen LogP contribution in [-0.2, 0) is 0 Å². The molecule has 0 aliphatic carbocycles. The Hall–Kier alpha value is -5.08. The van der Waals surface area contributed by atoms with Crippen molar-refractivity contribution in [1.82, 2.24) is 4.57 Å². The predicted molar refractivity (Wildman–Crippen MR) is 198 cm³/mol. The van der Waals surface area contributed by atoms with Crippen LogP contribution in [0.15, 0.2) is 152 Å².